The fourth-order valence-corrected chi connectivity index (χ4v) is 3.42. The van der Waals surface area contributed by atoms with Gasteiger partial charge >= 0.3 is 0 Å². The zero-order valence-corrected chi connectivity index (χ0v) is 16.0. The van der Waals surface area contributed by atoms with Crippen molar-refractivity contribution in [3.8, 4) is 5.75 Å². The van der Waals surface area contributed by atoms with Gasteiger partial charge in [0.25, 0.3) is 5.91 Å². The fourth-order valence-electron chi connectivity index (χ4n) is 3.42. The smallest absolute Gasteiger partial charge is 0.254 e. The average Bonchev–Trinajstić information content (AvgIpc) is 3.10. The second-order valence-corrected chi connectivity index (χ2v) is 7.02. The molecular weight excluding hydrogens is 352 g/mol. The summed E-state index contributed by atoms with van der Waals surface area (Å²) in [5, 5.41) is 3.31. The molecule has 6 heteroatoms. The van der Waals surface area contributed by atoms with Gasteiger partial charge in [-0.15, -0.1) is 0 Å². The molecule has 0 unspecified atom stereocenters. The van der Waals surface area contributed by atoms with Gasteiger partial charge in [-0.2, -0.15) is 0 Å². The maximum absolute atomic E-state index is 13.0. The van der Waals surface area contributed by atoms with Gasteiger partial charge in [-0.05, 0) is 23.3 Å². The highest BCUT2D eigenvalue weighted by atomic mass is 16.5. The highest BCUT2D eigenvalue weighted by Gasteiger charge is 2.20. The number of ether oxygens (including phenoxy) is 1. The predicted molar refractivity (Wildman–Crippen MR) is 107 cm³/mol. The van der Waals surface area contributed by atoms with Gasteiger partial charge in [-0.1, -0.05) is 30.3 Å². The first-order chi connectivity index (χ1) is 13.7. The molecule has 6 nitrogen and oxygen atoms in total. The van der Waals surface area contributed by atoms with E-state index in [4.69, 9.17) is 4.74 Å². The third-order valence-corrected chi connectivity index (χ3v) is 4.92. The Balaban J connectivity index is 1.45. The summed E-state index contributed by atoms with van der Waals surface area (Å²) in [7, 11) is 1.84. The van der Waals surface area contributed by atoms with E-state index in [1.807, 2.05) is 42.3 Å². The lowest BCUT2D eigenvalue weighted by Crippen LogP contribution is -2.28. The van der Waals surface area contributed by atoms with Crippen molar-refractivity contribution in [2.24, 2.45) is 0 Å². The van der Waals surface area contributed by atoms with Gasteiger partial charge < -0.3 is 19.5 Å². The number of nitrogens with zero attached hydrogens (tertiary/aromatic N) is 3. The third kappa shape index (κ3) is 4.07. The number of fused-ring (bicyclic) bond motifs is 1. The first-order valence-electron chi connectivity index (χ1n) is 9.45. The molecule has 0 saturated carbocycles. The summed E-state index contributed by atoms with van der Waals surface area (Å²) in [4.78, 5) is 18.9. The molecule has 2 heterocycles. The predicted octanol–water partition coefficient (Wildman–Crippen LogP) is 2.69. The van der Waals surface area contributed by atoms with Crippen molar-refractivity contribution < 1.29 is 9.53 Å². The molecule has 0 saturated heterocycles. The average molecular weight is 376 g/mol. The molecule has 0 radical (unpaired) electrons. The minimum atomic E-state index is 0.00615. The Bertz CT molecular complexity index is 936. The van der Waals surface area contributed by atoms with E-state index in [0.29, 0.717) is 25.3 Å². The quantitative estimate of drug-likeness (QED) is 0.744. The molecule has 1 amide bonds. The monoisotopic (exact) mass is 376 g/mol. The SMILES string of the molecule is CN(Cc1ccc(Cn2ccnc2)cc1)C(=O)c1cccc2c1CNCCO2. The van der Waals surface area contributed by atoms with E-state index >= 15 is 0 Å². The van der Waals surface area contributed by atoms with E-state index < -0.39 is 0 Å². The zero-order valence-electron chi connectivity index (χ0n) is 16.0. The topological polar surface area (TPSA) is 59.4 Å². The number of hydrogen-bond donors (Lipinski definition) is 1. The van der Waals surface area contributed by atoms with E-state index in [9.17, 15) is 4.79 Å². The molecule has 1 aliphatic heterocycles. The summed E-state index contributed by atoms with van der Waals surface area (Å²) in [6.45, 7) is 3.39. The lowest BCUT2D eigenvalue weighted by Gasteiger charge is -2.20. The van der Waals surface area contributed by atoms with Crippen molar-refractivity contribution in [1.29, 1.82) is 0 Å². The summed E-state index contributed by atoms with van der Waals surface area (Å²) in [6, 6.07) is 14.0. The molecule has 0 bridgehead atoms. The lowest BCUT2D eigenvalue weighted by molar-refractivity contribution is 0.0783. The molecule has 1 aromatic heterocycles. The van der Waals surface area contributed by atoms with Crippen molar-refractivity contribution in [2.45, 2.75) is 19.6 Å². The maximum atomic E-state index is 13.0. The van der Waals surface area contributed by atoms with Crippen LogP contribution in [0, 0.1) is 0 Å². The first kappa shape index (κ1) is 18.3. The number of aromatic nitrogens is 2. The van der Waals surface area contributed by atoms with E-state index in [2.05, 4.69) is 34.6 Å². The first-order valence-corrected chi connectivity index (χ1v) is 9.45. The van der Waals surface area contributed by atoms with Crippen molar-refractivity contribution in [3.05, 3.63) is 83.4 Å². The zero-order chi connectivity index (χ0) is 19.3. The molecule has 1 aliphatic rings. The Labute approximate surface area is 164 Å². The number of carbonyl (C=O) groups excluding carboxylic acids is 1. The van der Waals surface area contributed by atoms with Crippen LogP contribution in [0.4, 0.5) is 0 Å². The van der Waals surface area contributed by atoms with Gasteiger partial charge in [0, 0.05) is 56.7 Å². The van der Waals surface area contributed by atoms with Crippen LogP contribution in [0.1, 0.15) is 27.0 Å². The molecule has 4 rings (SSSR count). The van der Waals surface area contributed by atoms with Gasteiger partial charge in [0.15, 0.2) is 0 Å². The van der Waals surface area contributed by atoms with Crippen LogP contribution in [0.3, 0.4) is 0 Å². The van der Waals surface area contributed by atoms with Gasteiger partial charge in [-0.3, -0.25) is 4.79 Å². The van der Waals surface area contributed by atoms with Crippen LogP contribution in [0.15, 0.2) is 61.2 Å². The van der Waals surface area contributed by atoms with Crippen molar-refractivity contribution in [1.82, 2.24) is 19.8 Å². The van der Waals surface area contributed by atoms with Crippen LogP contribution in [-0.4, -0.2) is 40.6 Å². The van der Waals surface area contributed by atoms with Gasteiger partial charge in [-0.25, -0.2) is 4.98 Å². The van der Waals surface area contributed by atoms with E-state index in [1.165, 1.54) is 5.56 Å². The number of rotatable bonds is 5. The number of carbonyl (C=O) groups is 1. The van der Waals surface area contributed by atoms with Crippen LogP contribution >= 0.6 is 0 Å². The molecule has 0 spiro atoms. The number of hydrogen-bond acceptors (Lipinski definition) is 4. The van der Waals surface area contributed by atoms with Crippen molar-refractivity contribution in [2.75, 3.05) is 20.2 Å². The van der Waals surface area contributed by atoms with Crippen LogP contribution in [0.2, 0.25) is 0 Å². The molecule has 0 fully saturated rings. The second-order valence-electron chi connectivity index (χ2n) is 7.02. The Morgan fingerprint density at radius 3 is 2.82 bits per heavy atom. The molecule has 28 heavy (non-hydrogen) atoms. The molecule has 144 valence electrons. The number of imidazole rings is 1. The van der Waals surface area contributed by atoms with Crippen LogP contribution in [-0.2, 0) is 19.6 Å². The van der Waals surface area contributed by atoms with Crippen molar-refractivity contribution >= 4 is 5.91 Å². The van der Waals surface area contributed by atoms with E-state index in [0.717, 1.165) is 30.0 Å². The maximum Gasteiger partial charge on any atom is 0.254 e. The summed E-state index contributed by atoms with van der Waals surface area (Å²) >= 11 is 0. The number of benzene rings is 2. The van der Waals surface area contributed by atoms with Crippen LogP contribution in [0.5, 0.6) is 5.75 Å². The molecule has 0 aliphatic carbocycles. The Kier molecular flexibility index (Phi) is 5.39. The summed E-state index contributed by atoms with van der Waals surface area (Å²) in [6.07, 6.45) is 5.53. The molecule has 2 aromatic carbocycles. The lowest BCUT2D eigenvalue weighted by atomic mass is 10.0. The standard InChI is InChI=1S/C22H24N4O2/c1-25(14-17-5-7-18(8-6-17)15-26-11-9-24-16-26)22(27)19-3-2-4-21-20(19)13-23-10-12-28-21/h2-9,11,16,23H,10,12-15H2,1H3. The molecule has 1 N–H and O–H groups in total. The van der Waals surface area contributed by atoms with E-state index in [-0.39, 0.29) is 5.91 Å². The summed E-state index contributed by atoms with van der Waals surface area (Å²) in [5.74, 6) is 0.805. The Hall–Kier alpha value is -3.12. The minimum absolute atomic E-state index is 0.00615. The van der Waals surface area contributed by atoms with Gasteiger partial charge in [0.05, 0.1) is 6.33 Å². The summed E-state index contributed by atoms with van der Waals surface area (Å²) in [5.41, 5.74) is 3.94. The molecular formula is C22H24N4O2. The normalized spacial score (nSPS) is 13.3. The summed E-state index contributed by atoms with van der Waals surface area (Å²) < 4.78 is 7.78. The number of nitrogens with one attached hydrogen (secondary N) is 1. The Morgan fingerprint density at radius 1 is 1.21 bits per heavy atom. The fraction of sp³-hybridized carbons (Fsp3) is 0.273. The van der Waals surface area contributed by atoms with Crippen LogP contribution in [0.25, 0.3) is 0 Å². The van der Waals surface area contributed by atoms with Crippen LogP contribution < -0.4 is 10.1 Å². The molecule has 0 atom stereocenters. The van der Waals surface area contributed by atoms with Gasteiger partial charge in [0.1, 0.15) is 12.4 Å². The highest BCUT2D eigenvalue weighted by molar-refractivity contribution is 5.96. The van der Waals surface area contributed by atoms with Crippen molar-refractivity contribution in [3.63, 3.8) is 0 Å². The third-order valence-electron chi connectivity index (χ3n) is 4.92. The van der Waals surface area contributed by atoms with Gasteiger partial charge in [0.2, 0.25) is 0 Å². The molecule has 3 aromatic rings. The highest BCUT2D eigenvalue weighted by Crippen LogP contribution is 2.25. The largest absolute Gasteiger partial charge is 0.492 e. The Morgan fingerprint density at radius 2 is 2.04 bits per heavy atom. The van der Waals surface area contributed by atoms with E-state index in [1.54, 1.807) is 11.1 Å². The minimum Gasteiger partial charge on any atom is -0.492 e. The second kappa shape index (κ2) is 8.27. The number of amides is 1.